The summed E-state index contributed by atoms with van der Waals surface area (Å²) in [7, 11) is 0. The van der Waals surface area contributed by atoms with Gasteiger partial charge in [0.25, 0.3) is 5.91 Å². The van der Waals surface area contributed by atoms with Crippen LogP contribution in [0.2, 0.25) is 0 Å². The molecule has 0 radical (unpaired) electrons. The van der Waals surface area contributed by atoms with Crippen molar-refractivity contribution >= 4 is 11.8 Å². The Bertz CT molecular complexity index is 607. The van der Waals surface area contributed by atoms with Crippen molar-refractivity contribution in [1.82, 2.24) is 15.1 Å². The van der Waals surface area contributed by atoms with Gasteiger partial charge in [0.1, 0.15) is 0 Å². The molecule has 2 saturated heterocycles. The Morgan fingerprint density at radius 1 is 1.12 bits per heavy atom. The fraction of sp³-hybridized carbons (Fsp3) is 0.579. The van der Waals surface area contributed by atoms with Gasteiger partial charge < -0.3 is 15.3 Å². The first-order valence-corrected chi connectivity index (χ1v) is 9.12. The van der Waals surface area contributed by atoms with Crippen LogP contribution in [0, 0.1) is 0 Å². The third kappa shape index (κ3) is 4.58. The Balaban J connectivity index is 1.60. The van der Waals surface area contributed by atoms with Crippen LogP contribution in [0.15, 0.2) is 30.3 Å². The number of nitrogens with one attached hydrogen (secondary N) is 1. The second-order valence-corrected chi connectivity index (χ2v) is 7.08. The molecule has 2 aliphatic heterocycles. The number of hydrogen-bond donors (Lipinski definition) is 2. The number of aliphatic hydroxyl groups is 1. The number of rotatable bonds is 5. The maximum atomic E-state index is 12.9. The van der Waals surface area contributed by atoms with Gasteiger partial charge in [-0.3, -0.25) is 14.5 Å². The lowest BCUT2D eigenvalue weighted by Gasteiger charge is -2.40. The minimum Gasteiger partial charge on any atom is -0.379 e. The van der Waals surface area contributed by atoms with Crippen molar-refractivity contribution in [3.63, 3.8) is 0 Å². The van der Waals surface area contributed by atoms with Crippen LogP contribution in [0.5, 0.6) is 0 Å². The summed E-state index contributed by atoms with van der Waals surface area (Å²) in [4.78, 5) is 28.2. The van der Waals surface area contributed by atoms with Gasteiger partial charge in [-0.2, -0.15) is 0 Å². The van der Waals surface area contributed by atoms with Gasteiger partial charge in [0, 0.05) is 32.7 Å². The van der Waals surface area contributed by atoms with Gasteiger partial charge in [-0.1, -0.05) is 30.3 Å². The van der Waals surface area contributed by atoms with Gasteiger partial charge in [-0.05, 0) is 31.2 Å². The topological polar surface area (TPSA) is 72.9 Å². The molecule has 2 amide bonds. The number of likely N-dealkylation sites (tertiary alicyclic amines) is 1. The maximum absolute atomic E-state index is 12.9. The van der Waals surface area contributed by atoms with Gasteiger partial charge in [0.2, 0.25) is 5.91 Å². The Kier molecular flexibility index (Phi) is 5.71. The van der Waals surface area contributed by atoms with Crippen molar-refractivity contribution in [3.05, 3.63) is 35.9 Å². The highest BCUT2D eigenvalue weighted by Gasteiger charge is 2.43. The van der Waals surface area contributed by atoms with Crippen molar-refractivity contribution in [2.24, 2.45) is 0 Å². The molecular formula is C19H27N3O3. The second kappa shape index (κ2) is 7.97. The van der Waals surface area contributed by atoms with Crippen molar-refractivity contribution in [2.75, 3.05) is 39.3 Å². The highest BCUT2D eigenvalue weighted by molar-refractivity contribution is 5.86. The quantitative estimate of drug-likeness (QED) is 0.811. The fourth-order valence-corrected chi connectivity index (χ4v) is 3.71. The molecule has 1 atom stereocenters. The Hall–Kier alpha value is -1.92. The molecule has 1 aromatic rings. The molecule has 0 bridgehead atoms. The molecule has 6 heteroatoms. The molecule has 136 valence electrons. The number of carbonyl (C=O) groups is 2. The predicted octanol–water partition coefficient (Wildman–Crippen LogP) is 0.405. The molecule has 0 spiro atoms. The van der Waals surface area contributed by atoms with E-state index in [0.717, 1.165) is 25.8 Å². The van der Waals surface area contributed by atoms with Gasteiger partial charge in [0.15, 0.2) is 5.60 Å². The third-order valence-electron chi connectivity index (χ3n) is 5.04. The second-order valence-electron chi connectivity index (χ2n) is 7.08. The molecule has 0 aliphatic carbocycles. The third-order valence-corrected chi connectivity index (χ3v) is 5.04. The van der Waals surface area contributed by atoms with E-state index < -0.39 is 5.60 Å². The van der Waals surface area contributed by atoms with Crippen LogP contribution in [0.3, 0.4) is 0 Å². The minimum atomic E-state index is -1.38. The number of nitrogens with zero attached hydrogens (tertiary/aromatic N) is 2. The van der Waals surface area contributed by atoms with Gasteiger partial charge >= 0.3 is 0 Å². The van der Waals surface area contributed by atoms with Gasteiger partial charge in [-0.15, -0.1) is 0 Å². The molecule has 0 unspecified atom stereocenters. The molecule has 2 aliphatic rings. The average Bonchev–Trinajstić information content (AvgIpc) is 2.81. The molecular weight excluding hydrogens is 318 g/mol. The lowest BCUT2D eigenvalue weighted by molar-refractivity contribution is -0.159. The lowest BCUT2D eigenvalue weighted by Crippen LogP contribution is -2.59. The summed E-state index contributed by atoms with van der Waals surface area (Å²) in [5, 5.41) is 13.8. The molecule has 3 rings (SSSR count). The minimum absolute atomic E-state index is 0.0368. The van der Waals surface area contributed by atoms with E-state index in [1.54, 1.807) is 4.90 Å². The summed E-state index contributed by atoms with van der Waals surface area (Å²) in [5.74, 6) is -0.232. The van der Waals surface area contributed by atoms with Crippen LogP contribution in [0.4, 0.5) is 0 Å². The number of carbonyl (C=O) groups excluding carboxylic acids is 2. The summed E-state index contributed by atoms with van der Waals surface area (Å²) >= 11 is 0. The summed E-state index contributed by atoms with van der Waals surface area (Å²) in [6.07, 6.45) is 2.88. The maximum Gasteiger partial charge on any atom is 0.255 e. The van der Waals surface area contributed by atoms with E-state index >= 15 is 0 Å². The fourth-order valence-electron chi connectivity index (χ4n) is 3.71. The number of piperidine rings is 1. The van der Waals surface area contributed by atoms with Crippen molar-refractivity contribution in [1.29, 1.82) is 0 Å². The smallest absolute Gasteiger partial charge is 0.255 e. The summed E-state index contributed by atoms with van der Waals surface area (Å²) in [6, 6.07) is 10.1. The highest BCUT2D eigenvalue weighted by Crippen LogP contribution is 2.24. The SMILES string of the molecule is O=C1CN(C[C@@]2(O)CCCN(CCc3ccccc3)C2=O)CCCN1. The van der Waals surface area contributed by atoms with E-state index in [0.29, 0.717) is 26.1 Å². The van der Waals surface area contributed by atoms with Crippen LogP contribution in [-0.2, 0) is 16.0 Å². The standard InChI is InChI=1S/C19H27N3O3/c23-17-14-21(11-5-10-20-17)15-19(25)9-4-12-22(18(19)24)13-8-16-6-2-1-3-7-16/h1-3,6-7,25H,4-5,8-15H2,(H,20,23)/t19-/m0/s1. The summed E-state index contributed by atoms with van der Waals surface area (Å²) < 4.78 is 0. The molecule has 0 saturated carbocycles. The molecule has 2 heterocycles. The van der Waals surface area contributed by atoms with Crippen LogP contribution in [0.25, 0.3) is 0 Å². The van der Waals surface area contributed by atoms with Crippen LogP contribution in [0.1, 0.15) is 24.8 Å². The zero-order chi connectivity index (χ0) is 17.7. The first-order valence-electron chi connectivity index (χ1n) is 9.12. The van der Waals surface area contributed by atoms with E-state index in [-0.39, 0.29) is 24.9 Å². The Labute approximate surface area is 148 Å². The molecule has 6 nitrogen and oxygen atoms in total. The number of hydrogen-bond acceptors (Lipinski definition) is 4. The summed E-state index contributed by atoms with van der Waals surface area (Å²) in [5.41, 5.74) is -0.187. The largest absolute Gasteiger partial charge is 0.379 e. The van der Waals surface area contributed by atoms with Crippen molar-refractivity contribution in [2.45, 2.75) is 31.3 Å². The number of benzene rings is 1. The van der Waals surface area contributed by atoms with Gasteiger partial charge in [-0.25, -0.2) is 0 Å². The first kappa shape index (κ1) is 17.9. The average molecular weight is 345 g/mol. The van der Waals surface area contributed by atoms with E-state index in [1.807, 2.05) is 23.1 Å². The highest BCUT2D eigenvalue weighted by atomic mass is 16.3. The van der Waals surface area contributed by atoms with E-state index in [9.17, 15) is 14.7 Å². The van der Waals surface area contributed by atoms with E-state index in [1.165, 1.54) is 5.56 Å². The molecule has 2 fully saturated rings. The molecule has 1 aromatic carbocycles. The molecule has 2 N–H and O–H groups in total. The van der Waals surface area contributed by atoms with Crippen molar-refractivity contribution in [3.8, 4) is 0 Å². The zero-order valence-corrected chi connectivity index (χ0v) is 14.6. The van der Waals surface area contributed by atoms with Crippen molar-refractivity contribution < 1.29 is 14.7 Å². The predicted molar refractivity (Wildman–Crippen MR) is 95.0 cm³/mol. The molecule has 0 aromatic heterocycles. The van der Waals surface area contributed by atoms with Crippen LogP contribution < -0.4 is 5.32 Å². The van der Waals surface area contributed by atoms with Crippen LogP contribution >= 0.6 is 0 Å². The monoisotopic (exact) mass is 345 g/mol. The zero-order valence-electron chi connectivity index (χ0n) is 14.6. The molecule has 25 heavy (non-hydrogen) atoms. The Morgan fingerprint density at radius 3 is 2.72 bits per heavy atom. The first-order chi connectivity index (χ1) is 12.1. The normalized spacial score (nSPS) is 25.6. The van der Waals surface area contributed by atoms with Gasteiger partial charge in [0.05, 0.1) is 6.54 Å². The van der Waals surface area contributed by atoms with E-state index in [2.05, 4.69) is 17.4 Å². The number of amides is 2. The summed E-state index contributed by atoms with van der Waals surface area (Å²) in [6.45, 7) is 3.17. The van der Waals surface area contributed by atoms with E-state index in [4.69, 9.17) is 0 Å². The number of β-amino-alcohol motifs (C(OH)–C–C–N with tert-alkyl or cyclic N) is 1. The lowest BCUT2D eigenvalue weighted by atomic mass is 9.90. The van der Waals surface area contributed by atoms with Crippen LogP contribution in [-0.4, -0.2) is 71.6 Å². The Morgan fingerprint density at radius 2 is 1.92 bits per heavy atom.